The average Bonchev–Trinajstić information content (AvgIpc) is 3.09. The molecule has 2 rings (SSSR count). The molecule has 1 aromatic heterocycles. The van der Waals surface area contributed by atoms with Gasteiger partial charge in [-0.1, -0.05) is 11.6 Å². The van der Waals surface area contributed by atoms with E-state index in [1.165, 1.54) is 6.92 Å². The number of halogens is 1. The predicted molar refractivity (Wildman–Crippen MR) is 67.8 cm³/mol. The summed E-state index contributed by atoms with van der Waals surface area (Å²) < 4.78 is 1.87. The van der Waals surface area contributed by atoms with Gasteiger partial charge < -0.3 is 20.1 Å². The predicted octanol–water partition coefficient (Wildman–Crippen LogP) is 0.949. The van der Waals surface area contributed by atoms with Crippen LogP contribution in [0.2, 0.25) is 5.02 Å². The molecule has 18 heavy (non-hydrogen) atoms. The van der Waals surface area contributed by atoms with Gasteiger partial charge in [0.25, 0.3) is 5.91 Å². The fourth-order valence-corrected chi connectivity index (χ4v) is 1.91. The second kappa shape index (κ2) is 4.91. The van der Waals surface area contributed by atoms with Crippen LogP contribution in [0.5, 0.6) is 0 Å². The van der Waals surface area contributed by atoms with Crippen molar-refractivity contribution in [1.29, 1.82) is 0 Å². The Kier molecular flexibility index (Phi) is 3.66. The Hall–Kier alpha value is -1.04. The number of rotatable bonds is 5. The zero-order chi connectivity index (χ0) is 13.3. The van der Waals surface area contributed by atoms with Gasteiger partial charge in [0.1, 0.15) is 11.3 Å². The standard InChI is InChI=1S/C12H17ClN2O3/c1-12(18,7-16)6-14-11(17)10-4-8(13)5-15(10)9-2-3-9/h4-5,9,16,18H,2-3,6-7H2,1H3,(H,14,17). The fourth-order valence-electron chi connectivity index (χ4n) is 1.70. The number of hydrogen-bond acceptors (Lipinski definition) is 3. The number of nitrogens with one attached hydrogen (secondary N) is 1. The monoisotopic (exact) mass is 272 g/mol. The van der Waals surface area contributed by atoms with Crippen molar-refractivity contribution < 1.29 is 15.0 Å². The molecule has 3 N–H and O–H groups in total. The lowest BCUT2D eigenvalue weighted by atomic mass is 10.1. The van der Waals surface area contributed by atoms with Crippen molar-refractivity contribution in [2.45, 2.75) is 31.4 Å². The van der Waals surface area contributed by atoms with Crippen molar-refractivity contribution in [2.24, 2.45) is 0 Å². The third-order valence-electron chi connectivity index (χ3n) is 2.96. The van der Waals surface area contributed by atoms with Gasteiger partial charge >= 0.3 is 0 Å². The number of carbonyl (C=O) groups is 1. The van der Waals surface area contributed by atoms with Crippen molar-refractivity contribution in [3.63, 3.8) is 0 Å². The fraction of sp³-hybridized carbons (Fsp3) is 0.583. The molecule has 1 atom stereocenters. The van der Waals surface area contributed by atoms with E-state index in [9.17, 15) is 9.90 Å². The number of carbonyl (C=O) groups excluding carboxylic acids is 1. The van der Waals surface area contributed by atoms with Gasteiger partial charge in [-0.05, 0) is 25.8 Å². The maximum absolute atomic E-state index is 12.0. The zero-order valence-electron chi connectivity index (χ0n) is 10.2. The van der Waals surface area contributed by atoms with E-state index in [-0.39, 0.29) is 12.5 Å². The third kappa shape index (κ3) is 3.04. The molecule has 1 saturated carbocycles. The Morgan fingerprint density at radius 3 is 2.89 bits per heavy atom. The third-order valence-corrected chi connectivity index (χ3v) is 3.17. The van der Waals surface area contributed by atoms with Crippen LogP contribution in [0.1, 0.15) is 36.3 Å². The first-order chi connectivity index (χ1) is 8.43. The molecule has 0 radical (unpaired) electrons. The number of nitrogens with zero attached hydrogens (tertiary/aromatic N) is 1. The van der Waals surface area contributed by atoms with Crippen LogP contribution in [-0.4, -0.2) is 39.4 Å². The summed E-state index contributed by atoms with van der Waals surface area (Å²) in [5, 5.41) is 21.7. The van der Waals surface area contributed by atoms with Crippen LogP contribution < -0.4 is 5.32 Å². The molecular weight excluding hydrogens is 256 g/mol. The summed E-state index contributed by atoms with van der Waals surface area (Å²) in [5.74, 6) is -0.289. The van der Waals surface area contributed by atoms with E-state index >= 15 is 0 Å². The summed E-state index contributed by atoms with van der Waals surface area (Å²) in [5.41, 5.74) is -0.813. The Bertz CT molecular complexity index is 452. The molecule has 1 fully saturated rings. The van der Waals surface area contributed by atoms with E-state index < -0.39 is 12.2 Å². The van der Waals surface area contributed by atoms with E-state index in [1.807, 2.05) is 4.57 Å². The zero-order valence-corrected chi connectivity index (χ0v) is 10.9. The number of hydrogen-bond donors (Lipinski definition) is 3. The molecule has 1 heterocycles. The van der Waals surface area contributed by atoms with Gasteiger partial charge in [-0.3, -0.25) is 4.79 Å². The lowest BCUT2D eigenvalue weighted by Crippen LogP contribution is -2.43. The van der Waals surface area contributed by atoms with Crippen LogP contribution in [0.25, 0.3) is 0 Å². The Labute approximate surface area is 110 Å². The lowest BCUT2D eigenvalue weighted by Gasteiger charge is -2.20. The second-order valence-corrected chi connectivity index (χ2v) is 5.46. The average molecular weight is 273 g/mol. The quantitative estimate of drug-likeness (QED) is 0.747. The van der Waals surface area contributed by atoms with Gasteiger partial charge in [0.2, 0.25) is 0 Å². The van der Waals surface area contributed by atoms with E-state index in [0.717, 1.165) is 12.8 Å². The molecule has 1 amide bonds. The van der Waals surface area contributed by atoms with Gasteiger partial charge in [0, 0.05) is 18.8 Å². The molecule has 0 spiro atoms. The van der Waals surface area contributed by atoms with Gasteiger partial charge in [0.05, 0.1) is 11.6 Å². The maximum Gasteiger partial charge on any atom is 0.268 e. The van der Waals surface area contributed by atoms with Crippen LogP contribution >= 0.6 is 11.6 Å². The first-order valence-corrected chi connectivity index (χ1v) is 6.29. The molecule has 0 saturated heterocycles. The molecule has 1 unspecified atom stereocenters. The van der Waals surface area contributed by atoms with Crippen LogP contribution in [0, 0.1) is 0 Å². The number of aliphatic hydroxyl groups is 2. The molecule has 6 heteroatoms. The van der Waals surface area contributed by atoms with Crippen LogP contribution in [0.4, 0.5) is 0 Å². The van der Waals surface area contributed by atoms with Gasteiger partial charge in [-0.2, -0.15) is 0 Å². The first kappa shape index (κ1) is 13.4. The molecular formula is C12H17ClN2O3. The highest BCUT2D eigenvalue weighted by Gasteiger charge is 2.28. The maximum atomic E-state index is 12.0. The minimum atomic E-state index is -1.31. The highest BCUT2D eigenvalue weighted by molar-refractivity contribution is 6.31. The van der Waals surface area contributed by atoms with E-state index in [0.29, 0.717) is 16.8 Å². The molecule has 0 aliphatic heterocycles. The SMILES string of the molecule is CC(O)(CO)CNC(=O)c1cc(Cl)cn1C1CC1. The first-order valence-electron chi connectivity index (χ1n) is 5.92. The van der Waals surface area contributed by atoms with Crippen LogP contribution in [-0.2, 0) is 0 Å². The van der Waals surface area contributed by atoms with E-state index in [4.69, 9.17) is 16.7 Å². The smallest absolute Gasteiger partial charge is 0.268 e. The van der Waals surface area contributed by atoms with Crippen molar-refractivity contribution in [3.05, 3.63) is 23.0 Å². The Balaban J connectivity index is 2.04. The highest BCUT2D eigenvalue weighted by Crippen LogP contribution is 2.37. The molecule has 5 nitrogen and oxygen atoms in total. The van der Waals surface area contributed by atoms with Crippen molar-refractivity contribution >= 4 is 17.5 Å². The van der Waals surface area contributed by atoms with Crippen LogP contribution in [0.15, 0.2) is 12.3 Å². The largest absolute Gasteiger partial charge is 0.393 e. The summed E-state index contributed by atoms with van der Waals surface area (Å²) in [6, 6.07) is 1.97. The van der Waals surface area contributed by atoms with Gasteiger partial charge in [-0.25, -0.2) is 0 Å². The van der Waals surface area contributed by atoms with Crippen molar-refractivity contribution in [3.8, 4) is 0 Å². The minimum Gasteiger partial charge on any atom is -0.393 e. The van der Waals surface area contributed by atoms with Crippen molar-refractivity contribution in [1.82, 2.24) is 9.88 Å². The summed E-state index contributed by atoms with van der Waals surface area (Å²) in [4.78, 5) is 12.0. The Morgan fingerprint density at radius 1 is 1.67 bits per heavy atom. The lowest BCUT2D eigenvalue weighted by molar-refractivity contribution is 0.00313. The van der Waals surface area contributed by atoms with E-state index in [1.54, 1.807) is 12.3 Å². The highest BCUT2D eigenvalue weighted by atomic mass is 35.5. The molecule has 0 bridgehead atoms. The minimum absolute atomic E-state index is 0.00417. The molecule has 1 aromatic rings. The van der Waals surface area contributed by atoms with Gasteiger partial charge in [-0.15, -0.1) is 0 Å². The number of aromatic nitrogens is 1. The molecule has 1 aliphatic rings. The molecule has 100 valence electrons. The van der Waals surface area contributed by atoms with E-state index in [2.05, 4.69) is 5.32 Å². The molecule has 0 aromatic carbocycles. The van der Waals surface area contributed by atoms with Crippen LogP contribution in [0.3, 0.4) is 0 Å². The molecule has 1 aliphatic carbocycles. The summed E-state index contributed by atoms with van der Waals surface area (Å²) in [7, 11) is 0. The summed E-state index contributed by atoms with van der Waals surface area (Å²) in [6.45, 7) is 1.05. The summed E-state index contributed by atoms with van der Waals surface area (Å²) >= 11 is 5.91. The number of amides is 1. The number of aliphatic hydroxyl groups excluding tert-OH is 1. The second-order valence-electron chi connectivity index (χ2n) is 5.02. The Morgan fingerprint density at radius 2 is 2.33 bits per heavy atom. The summed E-state index contributed by atoms with van der Waals surface area (Å²) in [6.07, 6.45) is 3.86. The van der Waals surface area contributed by atoms with Gasteiger partial charge in [0.15, 0.2) is 0 Å². The normalized spacial score (nSPS) is 18.4. The van der Waals surface area contributed by atoms with Crippen molar-refractivity contribution in [2.75, 3.05) is 13.2 Å². The topological polar surface area (TPSA) is 74.5 Å².